The predicted molar refractivity (Wildman–Crippen MR) is 146 cm³/mol. The van der Waals surface area contributed by atoms with E-state index in [0.29, 0.717) is 21.7 Å². The van der Waals surface area contributed by atoms with Crippen molar-refractivity contribution in [1.82, 2.24) is 10.2 Å². The summed E-state index contributed by atoms with van der Waals surface area (Å²) in [5.74, 6) is -0.910. The van der Waals surface area contributed by atoms with Crippen LogP contribution in [-0.4, -0.2) is 30.8 Å². The van der Waals surface area contributed by atoms with Crippen molar-refractivity contribution in [3.63, 3.8) is 0 Å². The minimum absolute atomic E-state index is 0.0175. The molecule has 36 heavy (non-hydrogen) atoms. The van der Waals surface area contributed by atoms with Crippen molar-refractivity contribution in [2.24, 2.45) is 0 Å². The number of carbonyl (C=O) groups is 2. The standard InChI is InChI=1S/C30H27N2O3P/c1-32(2)30(34)27(31-29(33)24-17-9-4-10-18-24)28(23-15-7-3-8-16-23)36(35,25-19-11-5-12-20-25)26-21-13-6-14-22-26/h3-22H,1-2H3,(H,31,33)/b28-27+. The van der Waals surface area contributed by atoms with Crippen LogP contribution in [0, 0.1) is 0 Å². The van der Waals surface area contributed by atoms with Gasteiger partial charge in [0, 0.05) is 30.3 Å². The largest absolute Gasteiger partial charge is 0.343 e. The van der Waals surface area contributed by atoms with Gasteiger partial charge in [0.1, 0.15) is 5.70 Å². The van der Waals surface area contributed by atoms with Crippen LogP contribution < -0.4 is 15.9 Å². The summed E-state index contributed by atoms with van der Waals surface area (Å²) in [6.07, 6.45) is 0. The maximum absolute atomic E-state index is 15.4. The summed E-state index contributed by atoms with van der Waals surface area (Å²) < 4.78 is 15.4. The number of rotatable bonds is 7. The Hall–Kier alpha value is -4.21. The van der Waals surface area contributed by atoms with Crippen LogP contribution in [0.4, 0.5) is 0 Å². The van der Waals surface area contributed by atoms with Crippen molar-refractivity contribution < 1.29 is 14.2 Å². The first kappa shape index (κ1) is 24.9. The fourth-order valence-corrected chi connectivity index (χ4v) is 6.95. The highest BCUT2D eigenvalue weighted by atomic mass is 31.2. The third-order valence-electron chi connectivity index (χ3n) is 5.73. The zero-order valence-electron chi connectivity index (χ0n) is 20.2. The molecular formula is C30H27N2O3P. The second-order valence-electron chi connectivity index (χ2n) is 8.39. The molecule has 0 unspecified atom stereocenters. The van der Waals surface area contributed by atoms with Gasteiger partial charge < -0.3 is 14.8 Å². The molecule has 0 saturated heterocycles. The lowest BCUT2D eigenvalue weighted by Crippen LogP contribution is -2.36. The summed E-state index contributed by atoms with van der Waals surface area (Å²) in [5, 5.41) is 4.24. The molecule has 0 atom stereocenters. The number of hydrogen-bond donors (Lipinski definition) is 1. The molecule has 0 bridgehead atoms. The van der Waals surface area contributed by atoms with E-state index in [1.165, 1.54) is 4.90 Å². The molecular weight excluding hydrogens is 467 g/mol. The molecule has 5 nitrogen and oxygen atoms in total. The highest BCUT2D eigenvalue weighted by Crippen LogP contribution is 2.57. The van der Waals surface area contributed by atoms with Crippen molar-refractivity contribution >= 4 is 34.9 Å². The number of likely N-dealkylation sites (N-methyl/N-ethyl adjacent to an activating group) is 1. The lowest BCUT2D eigenvalue weighted by atomic mass is 10.1. The Bertz CT molecular complexity index is 1380. The van der Waals surface area contributed by atoms with E-state index >= 15 is 4.57 Å². The molecule has 0 aliphatic rings. The van der Waals surface area contributed by atoms with Crippen LogP contribution in [0.25, 0.3) is 5.31 Å². The first-order valence-corrected chi connectivity index (χ1v) is 13.2. The van der Waals surface area contributed by atoms with Gasteiger partial charge in [-0.15, -0.1) is 0 Å². The molecule has 0 aromatic heterocycles. The van der Waals surface area contributed by atoms with Crippen molar-refractivity contribution in [2.45, 2.75) is 0 Å². The van der Waals surface area contributed by atoms with Crippen LogP contribution in [0.2, 0.25) is 0 Å². The average molecular weight is 495 g/mol. The molecule has 4 rings (SSSR count). The Morgan fingerprint density at radius 2 is 1.00 bits per heavy atom. The van der Waals surface area contributed by atoms with E-state index in [-0.39, 0.29) is 11.0 Å². The summed E-state index contributed by atoms with van der Waals surface area (Å²) in [4.78, 5) is 28.4. The van der Waals surface area contributed by atoms with Crippen LogP contribution in [-0.2, 0) is 9.36 Å². The molecule has 0 heterocycles. The zero-order valence-corrected chi connectivity index (χ0v) is 21.1. The number of amides is 2. The quantitative estimate of drug-likeness (QED) is 0.294. The van der Waals surface area contributed by atoms with Gasteiger partial charge in [0.25, 0.3) is 11.8 Å². The second kappa shape index (κ2) is 11.0. The molecule has 2 amide bonds. The Morgan fingerprint density at radius 1 is 0.611 bits per heavy atom. The van der Waals surface area contributed by atoms with Crippen LogP contribution in [0.15, 0.2) is 127 Å². The number of hydrogen-bond acceptors (Lipinski definition) is 3. The SMILES string of the molecule is CN(C)C(=O)/C(NC(=O)c1ccccc1)=C(/c1ccccc1)P(=O)(c1ccccc1)c1ccccc1. The highest BCUT2D eigenvalue weighted by molar-refractivity contribution is 7.87. The Labute approximate surface area is 211 Å². The molecule has 0 radical (unpaired) electrons. The lowest BCUT2D eigenvalue weighted by Gasteiger charge is -2.27. The number of nitrogens with one attached hydrogen (secondary N) is 1. The maximum atomic E-state index is 15.4. The molecule has 6 heteroatoms. The monoisotopic (exact) mass is 494 g/mol. The lowest BCUT2D eigenvalue weighted by molar-refractivity contribution is -0.125. The van der Waals surface area contributed by atoms with Crippen LogP contribution in [0.1, 0.15) is 15.9 Å². The highest BCUT2D eigenvalue weighted by Gasteiger charge is 2.38. The van der Waals surface area contributed by atoms with Gasteiger partial charge in [-0.1, -0.05) is 109 Å². The summed E-state index contributed by atoms with van der Waals surface area (Å²) in [6.45, 7) is 0. The van der Waals surface area contributed by atoms with Crippen molar-refractivity contribution in [3.8, 4) is 0 Å². The zero-order chi connectivity index (χ0) is 25.5. The van der Waals surface area contributed by atoms with Gasteiger partial charge in [0.05, 0.1) is 5.31 Å². The normalized spacial score (nSPS) is 11.8. The first-order valence-electron chi connectivity index (χ1n) is 11.5. The van der Waals surface area contributed by atoms with Gasteiger partial charge in [-0.3, -0.25) is 9.59 Å². The summed E-state index contributed by atoms with van der Waals surface area (Å²) in [5.41, 5.74) is 0.964. The van der Waals surface area contributed by atoms with Gasteiger partial charge in [-0.05, 0) is 17.7 Å². The maximum Gasteiger partial charge on any atom is 0.270 e. The molecule has 0 saturated carbocycles. The molecule has 0 aliphatic heterocycles. The van der Waals surface area contributed by atoms with Gasteiger partial charge in [-0.25, -0.2) is 0 Å². The van der Waals surface area contributed by atoms with Crippen molar-refractivity contribution in [3.05, 3.63) is 138 Å². The third kappa shape index (κ3) is 5.07. The molecule has 4 aromatic carbocycles. The van der Waals surface area contributed by atoms with Gasteiger partial charge >= 0.3 is 0 Å². The van der Waals surface area contributed by atoms with Crippen LogP contribution >= 0.6 is 7.14 Å². The molecule has 180 valence electrons. The Balaban J connectivity index is 2.09. The van der Waals surface area contributed by atoms with Gasteiger partial charge in [-0.2, -0.15) is 0 Å². The molecule has 4 aromatic rings. The Kier molecular flexibility index (Phi) is 7.62. The van der Waals surface area contributed by atoms with Gasteiger partial charge in [0.15, 0.2) is 7.14 Å². The van der Waals surface area contributed by atoms with Crippen molar-refractivity contribution in [2.75, 3.05) is 14.1 Å². The fourth-order valence-electron chi connectivity index (χ4n) is 3.98. The smallest absolute Gasteiger partial charge is 0.270 e. The van der Waals surface area contributed by atoms with E-state index in [2.05, 4.69) is 5.32 Å². The van der Waals surface area contributed by atoms with E-state index in [1.807, 2.05) is 72.8 Å². The van der Waals surface area contributed by atoms with E-state index in [9.17, 15) is 9.59 Å². The Morgan fingerprint density at radius 3 is 1.42 bits per heavy atom. The number of carbonyl (C=O) groups excluding carboxylic acids is 2. The minimum Gasteiger partial charge on any atom is -0.343 e. The van der Waals surface area contributed by atoms with E-state index in [1.54, 1.807) is 62.6 Å². The van der Waals surface area contributed by atoms with E-state index in [0.717, 1.165) is 0 Å². The summed E-state index contributed by atoms with van der Waals surface area (Å²) >= 11 is 0. The van der Waals surface area contributed by atoms with Gasteiger partial charge in [0.2, 0.25) is 0 Å². The average Bonchev–Trinajstić information content (AvgIpc) is 2.94. The van der Waals surface area contributed by atoms with Crippen molar-refractivity contribution in [1.29, 1.82) is 0 Å². The van der Waals surface area contributed by atoms with E-state index in [4.69, 9.17) is 0 Å². The van der Waals surface area contributed by atoms with Crippen LogP contribution in [0.5, 0.6) is 0 Å². The third-order valence-corrected chi connectivity index (χ3v) is 8.90. The second-order valence-corrected chi connectivity index (χ2v) is 11.1. The molecule has 0 spiro atoms. The molecule has 1 N–H and O–H groups in total. The van der Waals surface area contributed by atoms with E-state index < -0.39 is 19.0 Å². The summed E-state index contributed by atoms with van der Waals surface area (Å²) in [7, 11) is -0.423. The molecule has 0 fully saturated rings. The predicted octanol–water partition coefficient (Wildman–Crippen LogP) is 4.89. The minimum atomic E-state index is -3.64. The number of benzene rings is 4. The van der Waals surface area contributed by atoms with Crippen LogP contribution in [0.3, 0.4) is 0 Å². The number of nitrogens with zero attached hydrogens (tertiary/aromatic N) is 1. The summed E-state index contributed by atoms with van der Waals surface area (Å²) in [6, 6.07) is 36.0. The fraction of sp³-hybridized carbons (Fsp3) is 0.0667. The first-order chi connectivity index (χ1) is 17.4. The molecule has 0 aliphatic carbocycles. The topological polar surface area (TPSA) is 66.5 Å².